The monoisotopic (exact) mass is 302 g/mol. The van der Waals surface area contributed by atoms with Gasteiger partial charge in [0, 0.05) is 18.4 Å². The molecule has 0 bridgehead atoms. The van der Waals surface area contributed by atoms with Crippen molar-refractivity contribution < 1.29 is 9.90 Å². The summed E-state index contributed by atoms with van der Waals surface area (Å²) in [4.78, 5) is 17.6. The highest BCUT2D eigenvalue weighted by atomic mass is 35.5. The average molecular weight is 303 g/mol. The highest BCUT2D eigenvalue weighted by Crippen LogP contribution is 2.34. The zero-order valence-electron chi connectivity index (χ0n) is 11.6. The minimum atomic E-state index is -1.04. The summed E-state index contributed by atoms with van der Waals surface area (Å²) in [6.07, 6.45) is 3.46. The standard InChI is InChI=1S/C16H15ClN2O2/c1-10-4-5-14-11(7-10)3-2-6-19(14)15-8-12(16(20)21)13(17)9-18-15/h4-5,7-9H,2-3,6H2,1H3,(H,20,21). The summed E-state index contributed by atoms with van der Waals surface area (Å²) < 4.78 is 0. The van der Waals surface area contributed by atoms with Gasteiger partial charge in [-0.15, -0.1) is 0 Å². The van der Waals surface area contributed by atoms with E-state index >= 15 is 0 Å². The molecule has 1 aromatic carbocycles. The molecule has 0 saturated heterocycles. The number of nitrogens with zero attached hydrogens (tertiary/aromatic N) is 2. The molecule has 0 fully saturated rings. The van der Waals surface area contributed by atoms with Crippen molar-refractivity contribution in [2.24, 2.45) is 0 Å². The molecule has 2 heterocycles. The van der Waals surface area contributed by atoms with Crippen LogP contribution in [0.3, 0.4) is 0 Å². The van der Waals surface area contributed by atoms with Crippen LogP contribution in [0.5, 0.6) is 0 Å². The van der Waals surface area contributed by atoms with Crippen LogP contribution in [0.4, 0.5) is 11.5 Å². The van der Waals surface area contributed by atoms with Crippen LogP contribution in [0, 0.1) is 6.92 Å². The van der Waals surface area contributed by atoms with Gasteiger partial charge in [0.05, 0.1) is 10.6 Å². The van der Waals surface area contributed by atoms with Gasteiger partial charge in [0.1, 0.15) is 5.82 Å². The van der Waals surface area contributed by atoms with E-state index in [0.29, 0.717) is 5.82 Å². The zero-order valence-corrected chi connectivity index (χ0v) is 12.4. The van der Waals surface area contributed by atoms with Crippen LogP contribution < -0.4 is 4.90 Å². The molecule has 1 aromatic heterocycles. The van der Waals surface area contributed by atoms with E-state index in [1.165, 1.54) is 17.3 Å². The van der Waals surface area contributed by atoms with Crippen LogP contribution in [0.15, 0.2) is 30.5 Å². The Hall–Kier alpha value is -2.07. The lowest BCUT2D eigenvalue weighted by atomic mass is 9.99. The largest absolute Gasteiger partial charge is 0.478 e. The molecule has 5 heteroatoms. The van der Waals surface area contributed by atoms with Crippen LogP contribution in [-0.2, 0) is 6.42 Å². The van der Waals surface area contributed by atoms with Crippen molar-refractivity contribution in [3.05, 3.63) is 52.2 Å². The number of anilines is 2. The van der Waals surface area contributed by atoms with Crippen molar-refractivity contribution in [1.82, 2.24) is 4.98 Å². The summed E-state index contributed by atoms with van der Waals surface area (Å²) in [6.45, 7) is 2.89. The van der Waals surface area contributed by atoms with Crippen molar-refractivity contribution >= 4 is 29.1 Å². The maximum Gasteiger partial charge on any atom is 0.337 e. The number of carboxylic acid groups (broad SMARTS) is 1. The highest BCUT2D eigenvalue weighted by molar-refractivity contribution is 6.33. The van der Waals surface area contributed by atoms with E-state index in [2.05, 4.69) is 35.0 Å². The predicted octanol–water partition coefficient (Wildman–Crippen LogP) is 3.83. The Labute approximate surface area is 128 Å². The van der Waals surface area contributed by atoms with Gasteiger partial charge in [-0.25, -0.2) is 9.78 Å². The minimum Gasteiger partial charge on any atom is -0.478 e. The Morgan fingerprint density at radius 1 is 1.38 bits per heavy atom. The molecule has 0 unspecified atom stereocenters. The average Bonchev–Trinajstić information content (AvgIpc) is 2.46. The first-order chi connectivity index (χ1) is 10.1. The molecule has 21 heavy (non-hydrogen) atoms. The summed E-state index contributed by atoms with van der Waals surface area (Å²) in [5.74, 6) is -0.411. The van der Waals surface area contributed by atoms with Gasteiger partial charge in [-0.1, -0.05) is 29.3 Å². The van der Waals surface area contributed by atoms with E-state index in [9.17, 15) is 9.90 Å². The summed E-state index contributed by atoms with van der Waals surface area (Å²) in [5, 5.41) is 9.35. The number of aryl methyl sites for hydroxylation is 2. The fourth-order valence-electron chi connectivity index (χ4n) is 2.70. The van der Waals surface area contributed by atoms with Crippen molar-refractivity contribution in [3.63, 3.8) is 0 Å². The summed E-state index contributed by atoms with van der Waals surface area (Å²) in [7, 11) is 0. The van der Waals surface area contributed by atoms with Crippen LogP contribution in [0.1, 0.15) is 27.9 Å². The minimum absolute atomic E-state index is 0.0842. The number of fused-ring (bicyclic) bond motifs is 1. The molecule has 1 aliphatic heterocycles. The Bertz CT molecular complexity index is 715. The Morgan fingerprint density at radius 2 is 2.19 bits per heavy atom. The third kappa shape index (κ3) is 2.59. The smallest absolute Gasteiger partial charge is 0.337 e. The third-order valence-electron chi connectivity index (χ3n) is 3.70. The van der Waals surface area contributed by atoms with Crippen molar-refractivity contribution in [1.29, 1.82) is 0 Å². The Balaban J connectivity index is 2.07. The van der Waals surface area contributed by atoms with Crippen molar-refractivity contribution in [2.45, 2.75) is 19.8 Å². The van der Waals surface area contributed by atoms with Gasteiger partial charge in [-0.3, -0.25) is 0 Å². The topological polar surface area (TPSA) is 53.4 Å². The van der Waals surface area contributed by atoms with Crippen molar-refractivity contribution in [2.75, 3.05) is 11.4 Å². The van der Waals surface area contributed by atoms with Gasteiger partial charge in [0.2, 0.25) is 0 Å². The predicted molar refractivity (Wildman–Crippen MR) is 82.7 cm³/mol. The van der Waals surface area contributed by atoms with Crippen LogP contribution >= 0.6 is 11.6 Å². The van der Waals surface area contributed by atoms with Crippen LogP contribution in [-0.4, -0.2) is 22.6 Å². The van der Waals surface area contributed by atoms with E-state index in [4.69, 9.17) is 11.6 Å². The number of rotatable bonds is 2. The van der Waals surface area contributed by atoms with Crippen LogP contribution in [0.25, 0.3) is 0 Å². The van der Waals surface area contributed by atoms with Gasteiger partial charge in [-0.05, 0) is 37.5 Å². The molecule has 4 nitrogen and oxygen atoms in total. The van der Waals surface area contributed by atoms with E-state index < -0.39 is 5.97 Å². The number of hydrogen-bond acceptors (Lipinski definition) is 3. The first-order valence-corrected chi connectivity index (χ1v) is 7.20. The molecule has 108 valence electrons. The second kappa shape index (κ2) is 5.37. The molecule has 0 amide bonds. The van der Waals surface area contributed by atoms with Gasteiger partial charge in [-0.2, -0.15) is 0 Å². The number of aromatic nitrogens is 1. The maximum atomic E-state index is 11.2. The lowest BCUT2D eigenvalue weighted by Crippen LogP contribution is -2.25. The fourth-order valence-corrected chi connectivity index (χ4v) is 2.89. The quantitative estimate of drug-likeness (QED) is 0.916. The Morgan fingerprint density at radius 3 is 2.95 bits per heavy atom. The number of halogens is 1. The maximum absolute atomic E-state index is 11.2. The number of hydrogen-bond donors (Lipinski definition) is 1. The third-order valence-corrected chi connectivity index (χ3v) is 4.00. The summed E-state index contributed by atoms with van der Waals surface area (Å²) >= 11 is 5.89. The molecule has 2 aromatic rings. The Kier molecular flexibility index (Phi) is 3.55. The zero-order chi connectivity index (χ0) is 15.0. The normalized spacial score (nSPS) is 13.9. The highest BCUT2D eigenvalue weighted by Gasteiger charge is 2.21. The number of aromatic carboxylic acids is 1. The number of carboxylic acids is 1. The van der Waals surface area contributed by atoms with Gasteiger partial charge >= 0.3 is 5.97 Å². The SMILES string of the molecule is Cc1ccc2c(c1)CCCN2c1cc(C(=O)O)c(Cl)cn1. The number of benzene rings is 1. The first-order valence-electron chi connectivity index (χ1n) is 6.82. The molecule has 0 aliphatic carbocycles. The van der Waals surface area contributed by atoms with Crippen LogP contribution in [0.2, 0.25) is 5.02 Å². The van der Waals surface area contributed by atoms with E-state index in [1.807, 2.05) is 0 Å². The van der Waals surface area contributed by atoms with E-state index in [1.54, 1.807) is 6.07 Å². The van der Waals surface area contributed by atoms with E-state index in [0.717, 1.165) is 25.1 Å². The lowest BCUT2D eigenvalue weighted by molar-refractivity contribution is 0.0697. The summed E-state index contributed by atoms with van der Waals surface area (Å²) in [5.41, 5.74) is 3.68. The molecule has 1 N–H and O–H groups in total. The first kappa shape index (κ1) is 13.9. The van der Waals surface area contributed by atoms with Gasteiger partial charge < -0.3 is 10.0 Å². The van der Waals surface area contributed by atoms with E-state index in [-0.39, 0.29) is 10.6 Å². The molecular weight excluding hydrogens is 288 g/mol. The number of carbonyl (C=O) groups is 1. The molecule has 0 radical (unpaired) electrons. The van der Waals surface area contributed by atoms with Gasteiger partial charge in [0.25, 0.3) is 0 Å². The van der Waals surface area contributed by atoms with Crippen molar-refractivity contribution in [3.8, 4) is 0 Å². The molecule has 3 rings (SSSR count). The molecular formula is C16H15ClN2O2. The number of pyridine rings is 1. The molecule has 0 saturated carbocycles. The second-order valence-electron chi connectivity index (χ2n) is 5.21. The molecule has 1 aliphatic rings. The van der Waals surface area contributed by atoms with Gasteiger partial charge in [0.15, 0.2) is 0 Å². The lowest BCUT2D eigenvalue weighted by Gasteiger charge is -2.30. The molecule has 0 atom stereocenters. The summed E-state index contributed by atoms with van der Waals surface area (Å²) in [6, 6.07) is 7.85. The fraction of sp³-hybridized carbons (Fsp3) is 0.250. The molecule has 0 spiro atoms. The second-order valence-corrected chi connectivity index (χ2v) is 5.62.